The van der Waals surface area contributed by atoms with Crippen molar-refractivity contribution in [1.29, 1.82) is 0 Å². The van der Waals surface area contributed by atoms with Crippen LogP contribution in [0.25, 0.3) is 0 Å². The number of carbonyl (C=O) groups is 2. The highest BCUT2D eigenvalue weighted by atomic mass is 32.1. The van der Waals surface area contributed by atoms with Crippen LogP contribution in [0.1, 0.15) is 28.9 Å². The first-order valence-electron chi connectivity index (χ1n) is 5.95. The van der Waals surface area contributed by atoms with E-state index in [4.69, 9.17) is 5.11 Å². The molecule has 2 heterocycles. The van der Waals surface area contributed by atoms with Crippen molar-refractivity contribution < 1.29 is 14.7 Å². The Balaban J connectivity index is 2.22. The van der Waals surface area contributed by atoms with Gasteiger partial charge >= 0.3 is 5.97 Å². The molecule has 5 nitrogen and oxygen atoms in total. The molecule has 0 spiro atoms. The summed E-state index contributed by atoms with van der Waals surface area (Å²) in [7, 11) is 1.63. The van der Waals surface area contributed by atoms with Gasteiger partial charge in [-0.25, -0.2) is 4.79 Å². The fraction of sp³-hybridized carbons (Fsp3) is 0.500. The van der Waals surface area contributed by atoms with Gasteiger partial charge in [-0.05, 0) is 31.4 Å². The lowest BCUT2D eigenvalue weighted by atomic mass is 10.0. The summed E-state index contributed by atoms with van der Waals surface area (Å²) in [6, 6.07) is 3.21. The third-order valence-corrected chi connectivity index (χ3v) is 4.25. The first-order chi connectivity index (χ1) is 8.63. The quantitative estimate of drug-likeness (QED) is 0.872. The van der Waals surface area contributed by atoms with E-state index in [-0.39, 0.29) is 11.9 Å². The molecule has 18 heavy (non-hydrogen) atoms. The molecule has 0 bridgehead atoms. The fourth-order valence-corrected chi connectivity index (χ4v) is 3.15. The third kappa shape index (κ3) is 2.48. The number of likely N-dealkylation sites (N-methyl/N-ethyl adjacent to an activating group) is 1. The second-order valence-electron chi connectivity index (χ2n) is 4.26. The predicted molar refractivity (Wildman–Crippen MR) is 70.3 cm³/mol. The number of hydrogen-bond donors (Lipinski definition) is 2. The summed E-state index contributed by atoms with van der Waals surface area (Å²) in [6.45, 7) is 0.803. The van der Waals surface area contributed by atoms with Gasteiger partial charge in [-0.15, -0.1) is 11.3 Å². The molecule has 0 aromatic carbocycles. The number of rotatable bonds is 3. The Labute approximate surface area is 109 Å². The molecule has 1 aromatic heterocycles. The molecule has 0 radical (unpaired) electrons. The Morgan fingerprint density at radius 2 is 2.22 bits per heavy atom. The van der Waals surface area contributed by atoms with E-state index in [1.807, 2.05) is 4.90 Å². The van der Waals surface area contributed by atoms with E-state index < -0.39 is 5.97 Å². The lowest BCUT2D eigenvalue weighted by Crippen LogP contribution is -2.48. The number of thiophene rings is 1. The van der Waals surface area contributed by atoms with E-state index in [9.17, 15) is 9.59 Å². The lowest BCUT2D eigenvalue weighted by molar-refractivity contribution is -0.122. The minimum Gasteiger partial charge on any atom is -0.477 e. The van der Waals surface area contributed by atoms with Gasteiger partial charge in [0.15, 0.2) is 0 Å². The zero-order chi connectivity index (χ0) is 13.1. The van der Waals surface area contributed by atoms with Crippen LogP contribution < -0.4 is 10.2 Å². The van der Waals surface area contributed by atoms with Crippen molar-refractivity contribution in [2.24, 2.45) is 0 Å². The first kappa shape index (κ1) is 12.9. The molecular weight excluding hydrogens is 252 g/mol. The van der Waals surface area contributed by atoms with Crippen LogP contribution in [0.2, 0.25) is 0 Å². The summed E-state index contributed by atoms with van der Waals surface area (Å²) in [5, 5.41) is 12.5. The maximum Gasteiger partial charge on any atom is 0.345 e. The molecule has 1 unspecified atom stereocenters. The van der Waals surface area contributed by atoms with Crippen LogP contribution in [-0.4, -0.2) is 36.6 Å². The molecule has 2 rings (SSSR count). The van der Waals surface area contributed by atoms with Gasteiger partial charge < -0.3 is 15.3 Å². The van der Waals surface area contributed by atoms with E-state index >= 15 is 0 Å². The molecule has 1 saturated heterocycles. The second-order valence-corrected chi connectivity index (χ2v) is 5.32. The van der Waals surface area contributed by atoms with Crippen molar-refractivity contribution in [3.63, 3.8) is 0 Å². The molecule has 1 fully saturated rings. The molecule has 1 aromatic rings. The number of hydrogen-bond acceptors (Lipinski definition) is 4. The van der Waals surface area contributed by atoms with Crippen molar-refractivity contribution >= 4 is 28.2 Å². The van der Waals surface area contributed by atoms with Crippen LogP contribution in [0.4, 0.5) is 5.00 Å². The van der Waals surface area contributed by atoms with Gasteiger partial charge in [0.1, 0.15) is 10.9 Å². The summed E-state index contributed by atoms with van der Waals surface area (Å²) in [4.78, 5) is 25.0. The Morgan fingerprint density at radius 3 is 2.83 bits per heavy atom. The number of nitrogens with one attached hydrogen (secondary N) is 1. The highest BCUT2D eigenvalue weighted by Gasteiger charge is 2.29. The average molecular weight is 268 g/mol. The minimum atomic E-state index is -0.917. The summed E-state index contributed by atoms with van der Waals surface area (Å²) in [5.41, 5.74) is 0. The number of piperidine rings is 1. The van der Waals surface area contributed by atoms with Gasteiger partial charge in [0, 0.05) is 13.6 Å². The van der Waals surface area contributed by atoms with Crippen molar-refractivity contribution in [2.75, 3.05) is 18.5 Å². The van der Waals surface area contributed by atoms with Gasteiger partial charge in [-0.1, -0.05) is 0 Å². The average Bonchev–Trinajstić information content (AvgIpc) is 2.87. The van der Waals surface area contributed by atoms with Crippen LogP contribution in [0.5, 0.6) is 0 Å². The standard InChI is InChI=1S/C12H16N2O3S/c1-13-11(15)8-4-2-3-7-14(8)10-6-5-9(18-10)12(16)17/h5-6,8H,2-4,7H2,1H3,(H,13,15)(H,16,17). The SMILES string of the molecule is CNC(=O)C1CCCCN1c1ccc(C(=O)O)s1. The number of carboxylic acid groups (broad SMARTS) is 1. The number of anilines is 1. The molecule has 1 atom stereocenters. The number of aromatic carboxylic acids is 1. The maximum absolute atomic E-state index is 11.8. The van der Waals surface area contributed by atoms with Gasteiger partial charge in [-0.2, -0.15) is 0 Å². The van der Waals surface area contributed by atoms with Crippen molar-refractivity contribution in [3.8, 4) is 0 Å². The van der Waals surface area contributed by atoms with Gasteiger partial charge in [-0.3, -0.25) is 4.79 Å². The zero-order valence-corrected chi connectivity index (χ0v) is 11.0. The number of amides is 1. The normalized spacial score (nSPS) is 19.6. The topological polar surface area (TPSA) is 69.6 Å². The molecular formula is C12H16N2O3S. The Kier molecular flexibility index (Phi) is 3.86. The highest BCUT2D eigenvalue weighted by molar-refractivity contribution is 7.17. The fourth-order valence-electron chi connectivity index (χ4n) is 2.23. The highest BCUT2D eigenvalue weighted by Crippen LogP contribution is 2.31. The van der Waals surface area contributed by atoms with E-state index in [1.165, 1.54) is 11.3 Å². The lowest BCUT2D eigenvalue weighted by Gasteiger charge is -2.35. The molecule has 1 aliphatic rings. The zero-order valence-electron chi connectivity index (χ0n) is 10.2. The molecule has 2 N–H and O–H groups in total. The Morgan fingerprint density at radius 1 is 1.44 bits per heavy atom. The van der Waals surface area contributed by atoms with Crippen LogP contribution in [0, 0.1) is 0 Å². The number of nitrogens with zero attached hydrogens (tertiary/aromatic N) is 1. The van der Waals surface area contributed by atoms with Crippen molar-refractivity contribution in [2.45, 2.75) is 25.3 Å². The molecule has 1 aliphatic heterocycles. The third-order valence-electron chi connectivity index (χ3n) is 3.14. The van der Waals surface area contributed by atoms with Crippen LogP contribution >= 0.6 is 11.3 Å². The Bertz CT molecular complexity index is 458. The predicted octanol–water partition coefficient (Wildman–Crippen LogP) is 1.55. The van der Waals surface area contributed by atoms with Crippen LogP contribution in [-0.2, 0) is 4.79 Å². The molecule has 0 aliphatic carbocycles. The van der Waals surface area contributed by atoms with Gasteiger partial charge in [0.05, 0.1) is 5.00 Å². The van der Waals surface area contributed by atoms with E-state index in [0.717, 1.165) is 30.8 Å². The largest absolute Gasteiger partial charge is 0.477 e. The van der Waals surface area contributed by atoms with Crippen LogP contribution in [0.3, 0.4) is 0 Å². The summed E-state index contributed by atoms with van der Waals surface area (Å²) in [6.07, 6.45) is 2.89. The van der Waals surface area contributed by atoms with E-state index in [2.05, 4.69) is 5.32 Å². The number of carboxylic acids is 1. The second kappa shape index (κ2) is 5.39. The Hall–Kier alpha value is -1.56. The minimum absolute atomic E-state index is 0.0000231. The monoisotopic (exact) mass is 268 g/mol. The van der Waals surface area contributed by atoms with Crippen molar-refractivity contribution in [1.82, 2.24) is 5.32 Å². The smallest absolute Gasteiger partial charge is 0.345 e. The van der Waals surface area contributed by atoms with Gasteiger partial charge in [0.25, 0.3) is 0 Å². The number of carbonyl (C=O) groups excluding carboxylic acids is 1. The summed E-state index contributed by atoms with van der Waals surface area (Å²) < 4.78 is 0. The van der Waals surface area contributed by atoms with Gasteiger partial charge in [0.2, 0.25) is 5.91 Å². The maximum atomic E-state index is 11.8. The van der Waals surface area contributed by atoms with Crippen LogP contribution in [0.15, 0.2) is 12.1 Å². The molecule has 98 valence electrons. The molecule has 0 saturated carbocycles. The first-order valence-corrected chi connectivity index (χ1v) is 6.76. The van der Waals surface area contributed by atoms with E-state index in [0.29, 0.717) is 4.88 Å². The summed E-state index contributed by atoms with van der Waals surface area (Å²) >= 11 is 1.23. The van der Waals surface area contributed by atoms with Crippen molar-refractivity contribution in [3.05, 3.63) is 17.0 Å². The van der Waals surface area contributed by atoms with E-state index in [1.54, 1.807) is 19.2 Å². The molecule has 6 heteroatoms. The summed E-state index contributed by atoms with van der Waals surface area (Å²) in [5.74, 6) is -0.917. The molecule has 1 amide bonds.